The van der Waals surface area contributed by atoms with Crippen LogP contribution in [0.5, 0.6) is 0 Å². The van der Waals surface area contributed by atoms with Crippen LogP contribution in [0.1, 0.15) is 27.6 Å². The number of rotatable bonds is 4. The van der Waals surface area contributed by atoms with E-state index in [2.05, 4.69) is 4.98 Å². The molecule has 1 N–H and O–H groups in total. The van der Waals surface area contributed by atoms with E-state index in [1.807, 2.05) is 6.92 Å². The van der Waals surface area contributed by atoms with Crippen LogP contribution in [0.15, 0.2) is 26.4 Å². The van der Waals surface area contributed by atoms with Gasteiger partial charge in [0, 0.05) is 11.3 Å². The molecular weight excluding hydrogens is 242 g/mol. The minimum absolute atomic E-state index is 0.0401. The Hall–Kier alpha value is -1.69. The number of aryl methyl sites for hydroxylation is 2. The van der Waals surface area contributed by atoms with Crippen molar-refractivity contribution in [1.82, 2.24) is 4.98 Å². The van der Waals surface area contributed by atoms with Crippen LogP contribution in [0, 0.1) is 13.8 Å². The van der Waals surface area contributed by atoms with Crippen molar-refractivity contribution in [3.8, 4) is 0 Å². The number of aromatic carboxylic acids is 1. The van der Waals surface area contributed by atoms with E-state index in [-0.39, 0.29) is 5.76 Å². The summed E-state index contributed by atoms with van der Waals surface area (Å²) >= 11 is 1.40. The van der Waals surface area contributed by atoms with E-state index in [4.69, 9.17) is 13.9 Å². The quantitative estimate of drug-likeness (QED) is 0.844. The van der Waals surface area contributed by atoms with E-state index in [9.17, 15) is 4.79 Å². The highest BCUT2D eigenvalue weighted by molar-refractivity contribution is 7.98. The second kappa shape index (κ2) is 4.67. The number of carbonyl (C=O) groups is 1. The SMILES string of the molecule is Cc1coc(SCc2cc(C(=O)O)oc2C)n1. The fourth-order valence-electron chi connectivity index (χ4n) is 1.31. The number of thioether (sulfide) groups is 1. The van der Waals surface area contributed by atoms with Gasteiger partial charge in [0.05, 0.1) is 5.69 Å². The van der Waals surface area contributed by atoms with E-state index in [0.29, 0.717) is 16.7 Å². The molecule has 0 aliphatic heterocycles. The molecule has 6 heteroatoms. The molecule has 17 heavy (non-hydrogen) atoms. The van der Waals surface area contributed by atoms with Gasteiger partial charge in [0.15, 0.2) is 0 Å². The van der Waals surface area contributed by atoms with Gasteiger partial charge in [-0.15, -0.1) is 0 Å². The van der Waals surface area contributed by atoms with Crippen molar-refractivity contribution < 1.29 is 18.7 Å². The Balaban J connectivity index is 2.06. The van der Waals surface area contributed by atoms with Crippen molar-refractivity contribution in [1.29, 1.82) is 0 Å². The maximum Gasteiger partial charge on any atom is 0.371 e. The second-order valence-corrected chi connectivity index (χ2v) is 4.47. The Morgan fingerprint density at radius 1 is 1.53 bits per heavy atom. The molecular formula is C11H11NO4S. The summed E-state index contributed by atoms with van der Waals surface area (Å²) in [5, 5.41) is 9.35. The summed E-state index contributed by atoms with van der Waals surface area (Å²) in [6.07, 6.45) is 1.58. The van der Waals surface area contributed by atoms with Gasteiger partial charge < -0.3 is 13.9 Å². The molecule has 2 heterocycles. The zero-order valence-electron chi connectivity index (χ0n) is 9.39. The van der Waals surface area contributed by atoms with Gasteiger partial charge in [0.1, 0.15) is 12.0 Å². The second-order valence-electron chi connectivity index (χ2n) is 3.54. The maximum absolute atomic E-state index is 10.7. The molecule has 0 amide bonds. The molecule has 0 spiro atoms. The van der Waals surface area contributed by atoms with Crippen LogP contribution < -0.4 is 0 Å². The van der Waals surface area contributed by atoms with E-state index in [1.165, 1.54) is 17.8 Å². The molecule has 90 valence electrons. The number of nitrogens with zero attached hydrogens (tertiary/aromatic N) is 1. The van der Waals surface area contributed by atoms with E-state index >= 15 is 0 Å². The number of carboxylic acids is 1. The Morgan fingerprint density at radius 2 is 2.29 bits per heavy atom. The molecule has 0 fully saturated rings. The molecule has 2 rings (SSSR count). The van der Waals surface area contributed by atoms with Gasteiger partial charge in [0.25, 0.3) is 5.22 Å². The summed E-state index contributed by atoms with van der Waals surface area (Å²) in [4.78, 5) is 14.9. The Bertz CT molecular complexity index is 543. The fourth-order valence-corrected chi connectivity index (χ4v) is 2.20. The lowest BCUT2D eigenvalue weighted by molar-refractivity contribution is 0.0661. The van der Waals surface area contributed by atoms with E-state index in [1.54, 1.807) is 13.2 Å². The van der Waals surface area contributed by atoms with Gasteiger partial charge >= 0.3 is 5.97 Å². The Kier molecular flexibility index (Phi) is 3.23. The first-order valence-corrected chi connectivity index (χ1v) is 5.92. The zero-order chi connectivity index (χ0) is 12.4. The summed E-state index contributed by atoms with van der Waals surface area (Å²) in [6, 6.07) is 1.53. The molecule has 5 nitrogen and oxygen atoms in total. The maximum atomic E-state index is 10.7. The van der Waals surface area contributed by atoms with Gasteiger partial charge in [-0.3, -0.25) is 0 Å². The van der Waals surface area contributed by atoms with Gasteiger partial charge in [0.2, 0.25) is 5.76 Å². The normalized spacial score (nSPS) is 10.7. The molecule has 2 aromatic rings. The fraction of sp³-hybridized carbons (Fsp3) is 0.273. The van der Waals surface area contributed by atoms with Crippen molar-refractivity contribution in [2.75, 3.05) is 0 Å². The average molecular weight is 253 g/mol. The molecule has 0 radical (unpaired) electrons. The highest BCUT2D eigenvalue weighted by atomic mass is 32.2. The number of aromatic nitrogens is 1. The molecule has 0 unspecified atom stereocenters. The van der Waals surface area contributed by atoms with Crippen LogP contribution in [0.4, 0.5) is 0 Å². The van der Waals surface area contributed by atoms with Crippen LogP contribution in [-0.4, -0.2) is 16.1 Å². The first kappa shape index (κ1) is 11.8. The van der Waals surface area contributed by atoms with E-state index < -0.39 is 5.97 Å². The molecule has 0 saturated heterocycles. The minimum atomic E-state index is -1.06. The highest BCUT2D eigenvalue weighted by Crippen LogP contribution is 2.25. The average Bonchev–Trinajstić information content (AvgIpc) is 2.82. The predicted octanol–water partition coefficient (Wildman–Crippen LogP) is 2.87. The summed E-state index contributed by atoms with van der Waals surface area (Å²) in [5.41, 5.74) is 1.66. The Morgan fingerprint density at radius 3 is 2.82 bits per heavy atom. The third kappa shape index (κ3) is 2.71. The van der Waals surface area contributed by atoms with Crippen molar-refractivity contribution in [3.63, 3.8) is 0 Å². The van der Waals surface area contributed by atoms with Crippen molar-refractivity contribution >= 4 is 17.7 Å². The summed E-state index contributed by atoms with van der Waals surface area (Å²) in [7, 11) is 0. The molecule has 0 atom stereocenters. The van der Waals surface area contributed by atoms with Crippen molar-refractivity contribution in [3.05, 3.63) is 35.1 Å². The third-order valence-corrected chi connectivity index (χ3v) is 3.07. The molecule has 0 saturated carbocycles. The highest BCUT2D eigenvalue weighted by Gasteiger charge is 2.14. The van der Waals surface area contributed by atoms with Gasteiger partial charge in [-0.1, -0.05) is 11.8 Å². The van der Waals surface area contributed by atoms with Gasteiger partial charge in [-0.05, 0) is 19.9 Å². The number of carboxylic acid groups (broad SMARTS) is 1. The van der Waals surface area contributed by atoms with Crippen LogP contribution in [-0.2, 0) is 5.75 Å². The molecule has 2 aromatic heterocycles. The van der Waals surface area contributed by atoms with E-state index in [0.717, 1.165) is 11.3 Å². The topological polar surface area (TPSA) is 76.5 Å². The smallest absolute Gasteiger partial charge is 0.371 e. The minimum Gasteiger partial charge on any atom is -0.475 e. The van der Waals surface area contributed by atoms with Crippen LogP contribution >= 0.6 is 11.8 Å². The Labute approximate surface area is 102 Å². The lowest BCUT2D eigenvalue weighted by Gasteiger charge is -1.94. The standard InChI is InChI=1S/C11H11NO4S/c1-6-4-15-11(12-6)17-5-8-3-9(10(13)14)16-7(8)2/h3-4H,5H2,1-2H3,(H,13,14). The largest absolute Gasteiger partial charge is 0.475 e. The van der Waals surface area contributed by atoms with Crippen LogP contribution in [0.25, 0.3) is 0 Å². The molecule has 0 aliphatic rings. The molecule has 0 aromatic carbocycles. The lowest BCUT2D eigenvalue weighted by Crippen LogP contribution is -1.91. The summed E-state index contributed by atoms with van der Waals surface area (Å²) in [6.45, 7) is 3.59. The van der Waals surface area contributed by atoms with Crippen molar-refractivity contribution in [2.45, 2.75) is 24.8 Å². The number of hydrogen-bond donors (Lipinski definition) is 1. The third-order valence-electron chi connectivity index (χ3n) is 2.18. The molecule has 0 aliphatic carbocycles. The van der Waals surface area contributed by atoms with Gasteiger partial charge in [-0.25, -0.2) is 9.78 Å². The first-order valence-electron chi connectivity index (χ1n) is 4.94. The lowest BCUT2D eigenvalue weighted by atomic mass is 10.3. The first-order chi connectivity index (χ1) is 8.06. The summed E-state index contributed by atoms with van der Waals surface area (Å²) < 4.78 is 10.3. The summed E-state index contributed by atoms with van der Waals surface area (Å²) in [5.74, 6) is 0.0823. The van der Waals surface area contributed by atoms with Crippen LogP contribution in [0.3, 0.4) is 0 Å². The van der Waals surface area contributed by atoms with Crippen molar-refractivity contribution in [2.24, 2.45) is 0 Å². The zero-order valence-corrected chi connectivity index (χ0v) is 10.2. The number of hydrogen-bond acceptors (Lipinski definition) is 5. The van der Waals surface area contributed by atoms with Crippen LogP contribution in [0.2, 0.25) is 0 Å². The van der Waals surface area contributed by atoms with Gasteiger partial charge in [-0.2, -0.15) is 0 Å². The predicted molar refractivity (Wildman–Crippen MR) is 61.2 cm³/mol. The number of furan rings is 1. The molecule has 0 bridgehead atoms. The monoisotopic (exact) mass is 253 g/mol. The number of oxazole rings is 1.